The minimum Gasteiger partial charge on any atom is -0.382 e. The summed E-state index contributed by atoms with van der Waals surface area (Å²) in [6.45, 7) is 7.77. The molecule has 184 valence electrons. The summed E-state index contributed by atoms with van der Waals surface area (Å²) in [6.07, 6.45) is 4.71. The van der Waals surface area contributed by atoms with E-state index in [2.05, 4.69) is 25.7 Å². The Balaban J connectivity index is 1.54. The highest BCUT2D eigenvalue weighted by molar-refractivity contribution is 6.00. The van der Waals surface area contributed by atoms with Gasteiger partial charge in [0.05, 0.1) is 47.1 Å². The van der Waals surface area contributed by atoms with E-state index in [-0.39, 0.29) is 30.7 Å². The minimum atomic E-state index is -1.15. The molecule has 9 nitrogen and oxygen atoms in total. The predicted molar refractivity (Wildman–Crippen MR) is 130 cm³/mol. The van der Waals surface area contributed by atoms with Gasteiger partial charge in [-0.1, -0.05) is 0 Å². The molecule has 1 aliphatic rings. The average Bonchev–Trinajstić information content (AvgIpc) is 3.24. The van der Waals surface area contributed by atoms with Crippen LogP contribution in [0.4, 0.5) is 10.1 Å². The number of amides is 1. The second kappa shape index (κ2) is 10.4. The number of fused-ring (bicyclic) bond motifs is 1. The molecule has 2 N–H and O–H groups in total. The Morgan fingerprint density at radius 3 is 2.66 bits per heavy atom. The molecule has 0 spiro atoms. The van der Waals surface area contributed by atoms with Gasteiger partial charge in [0.2, 0.25) is 0 Å². The first-order chi connectivity index (χ1) is 16.7. The van der Waals surface area contributed by atoms with E-state index < -0.39 is 12.1 Å². The Morgan fingerprint density at radius 2 is 1.97 bits per heavy atom. The van der Waals surface area contributed by atoms with Crippen LogP contribution >= 0.6 is 0 Å². The van der Waals surface area contributed by atoms with Crippen LogP contribution in [0.15, 0.2) is 30.7 Å². The second-order valence-corrected chi connectivity index (χ2v) is 9.40. The van der Waals surface area contributed by atoms with E-state index in [1.165, 1.54) is 12.4 Å². The fraction of sp³-hybridized carbons (Fsp3) is 0.480. The van der Waals surface area contributed by atoms with E-state index in [0.717, 1.165) is 0 Å². The maximum absolute atomic E-state index is 14.9. The quantitative estimate of drug-likeness (QED) is 0.530. The van der Waals surface area contributed by atoms with Gasteiger partial charge in [-0.3, -0.25) is 9.78 Å². The summed E-state index contributed by atoms with van der Waals surface area (Å²) in [6, 6.07) is 5.49. The zero-order valence-electron chi connectivity index (χ0n) is 20.3. The van der Waals surface area contributed by atoms with Crippen LogP contribution in [0.1, 0.15) is 56.5 Å². The molecule has 0 aliphatic carbocycles. The lowest BCUT2D eigenvalue weighted by molar-refractivity contribution is -0.0663. The van der Waals surface area contributed by atoms with Crippen LogP contribution in [0.3, 0.4) is 0 Å². The lowest BCUT2D eigenvalue weighted by Gasteiger charge is -2.33. The molecule has 1 fully saturated rings. The number of ether oxygens (including phenoxy) is 1. The standard InChI is InChI=1S/C25H30FN7O2/c1-14(2)32-21-8-22(23-13-29-24-7-17(9-27)10-31-33(23)24)28-11-19(21)25(34)30-12-20(26)18-5-15(3)35-16(4)6-18/h7-8,10-11,13-16,18,20H,5-6,12H2,1-4H3,(H,28,32)(H,30,34). The zero-order chi connectivity index (χ0) is 25.1. The molecule has 0 saturated carbocycles. The van der Waals surface area contributed by atoms with Crippen molar-refractivity contribution < 1.29 is 13.9 Å². The Bertz CT molecular complexity index is 1240. The van der Waals surface area contributed by atoms with Crippen molar-refractivity contribution in [1.82, 2.24) is 24.9 Å². The molecule has 10 heteroatoms. The van der Waals surface area contributed by atoms with Crippen molar-refractivity contribution in [3.05, 3.63) is 41.9 Å². The highest BCUT2D eigenvalue weighted by atomic mass is 19.1. The number of pyridine rings is 1. The number of nitrogens with zero attached hydrogens (tertiary/aromatic N) is 5. The largest absolute Gasteiger partial charge is 0.382 e. The number of hydrogen-bond acceptors (Lipinski definition) is 7. The van der Waals surface area contributed by atoms with Crippen LogP contribution in [0, 0.1) is 17.2 Å². The highest BCUT2D eigenvalue weighted by Crippen LogP contribution is 2.29. The Kier molecular flexibility index (Phi) is 7.26. The van der Waals surface area contributed by atoms with Gasteiger partial charge in [-0.15, -0.1) is 0 Å². The van der Waals surface area contributed by atoms with Gasteiger partial charge in [-0.25, -0.2) is 13.9 Å². The fourth-order valence-corrected chi connectivity index (χ4v) is 4.52. The molecule has 1 amide bonds. The van der Waals surface area contributed by atoms with Crippen molar-refractivity contribution in [1.29, 1.82) is 5.26 Å². The Labute approximate surface area is 203 Å². The normalized spacial score (nSPS) is 21.0. The summed E-state index contributed by atoms with van der Waals surface area (Å²) >= 11 is 0. The molecule has 3 aromatic rings. The monoisotopic (exact) mass is 479 g/mol. The minimum absolute atomic E-state index is 0.0110. The third-order valence-corrected chi connectivity index (χ3v) is 6.05. The highest BCUT2D eigenvalue weighted by Gasteiger charge is 2.31. The van der Waals surface area contributed by atoms with Gasteiger partial charge in [0, 0.05) is 24.8 Å². The van der Waals surface area contributed by atoms with E-state index in [0.29, 0.717) is 46.7 Å². The Morgan fingerprint density at radius 1 is 1.23 bits per heavy atom. The molecule has 0 bridgehead atoms. The fourth-order valence-electron chi connectivity index (χ4n) is 4.52. The molecular formula is C25H30FN7O2. The summed E-state index contributed by atoms with van der Waals surface area (Å²) in [5.41, 5.74) is 3.02. The van der Waals surface area contributed by atoms with Crippen LogP contribution in [-0.2, 0) is 4.74 Å². The number of halogens is 1. The molecule has 1 saturated heterocycles. The van der Waals surface area contributed by atoms with Gasteiger partial charge in [-0.05, 0) is 52.5 Å². The number of nitrogens with one attached hydrogen (secondary N) is 2. The summed E-state index contributed by atoms with van der Waals surface area (Å²) in [7, 11) is 0. The molecule has 3 aromatic heterocycles. The van der Waals surface area contributed by atoms with Crippen molar-refractivity contribution in [2.45, 2.75) is 65.0 Å². The van der Waals surface area contributed by atoms with Crippen molar-refractivity contribution >= 4 is 17.2 Å². The molecule has 3 atom stereocenters. The zero-order valence-corrected chi connectivity index (χ0v) is 20.3. The average molecular weight is 480 g/mol. The van der Waals surface area contributed by atoms with Gasteiger partial charge in [0.15, 0.2) is 5.65 Å². The number of imidazole rings is 1. The van der Waals surface area contributed by atoms with E-state index >= 15 is 0 Å². The summed E-state index contributed by atoms with van der Waals surface area (Å²) in [5, 5.41) is 19.4. The first-order valence-corrected chi connectivity index (χ1v) is 11.8. The van der Waals surface area contributed by atoms with Crippen LogP contribution < -0.4 is 10.6 Å². The van der Waals surface area contributed by atoms with Crippen molar-refractivity contribution in [3.63, 3.8) is 0 Å². The number of aromatic nitrogens is 4. The molecule has 3 unspecified atom stereocenters. The van der Waals surface area contributed by atoms with Gasteiger partial charge < -0.3 is 15.4 Å². The third kappa shape index (κ3) is 5.57. The van der Waals surface area contributed by atoms with Crippen LogP contribution in [-0.4, -0.2) is 56.5 Å². The number of carbonyl (C=O) groups excluding carboxylic acids is 1. The molecule has 4 rings (SSSR count). The molecule has 35 heavy (non-hydrogen) atoms. The molecular weight excluding hydrogens is 449 g/mol. The number of hydrogen-bond donors (Lipinski definition) is 2. The number of nitriles is 1. The van der Waals surface area contributed by atoms with E-state index in [1.54, 1.807) is 22.8 Å². The summed E-state index contributed by atoms with van der Waals surface area (Å²) in [4.78, 5) is 21.8. The smallest absolute Gasteiger partial charge is 0.255 e. The molecule has 0 radical (unpaired) electrons. The second-order valence-electron chi connectivity index (χ2n) is 9.40. The van der Waals surface area contributed by atoms with E-state index in [1.807, 2.05) is 33.8 Å². The van der Waals surface area contributed by atoms with Crippen LogP contribution in [0.5, 0.6) is 0 Å². The van der Waals surface area contributed by atoms with Crippen molar-refractivity contribution in [2.75, 3.05) is 11.9 Å². The lowest BCUT2D eigenvalue weighted by atomic mass is 9.88. The first-order valence-electron chi connectivity index (χ1n) is 11.8. The SMILES string of the molecule is CC(C)Nc1cc(-c2cnc3cc(C#N)cnn23)ncc1C(=O)NCC(F)C1CC(C)OC(C)C1. The molecule has 0 aromatic carbocycles. The summed E-state index contributed by atoms with van der Waals surface area (Å²) in [5.74, 6) is -0.537. The lowest BCUT2D eigenvalue weighted by Crippen LogP contribution is -2.39. The van der Waals surface area contributed by atoms with E-state index in [4.69, 9.17) is 10.00 Å². The summed E-state index contributed by atoms with van der Waals surface area (Å²) < 4.78 is 22.2. The van der Waals surface area contributed by atoms with Gasteiger partial charge in [0.25, 0.3) is 5.91 Å². The van der Waals surface area contributed by atoms with Gasteiger partial charge in [0.1, 0.15) is 17.9 Å². The maximum Gasteiger partial charge on any atom is 0.255 e. The predicted octanol–water partition coefficient (Wildman–Crippen LogP) is 3.75. The number of anilines is 1. The third-order valence-electron chi connectivity index (χ3n) is 6.05. The van der Waals surface area contributed by atoms with Crippen molar-refractivity contribution in [3.8, 4) is 17.5 Å². The van der Waals surface area contributed by atoms with Crippen LogP contribution in [0.2, 0.25) is 0 Å². The Hall–Kier alpha value is -3.58. The van der Waals surface area contributed by atoms with E-state index in [9.17, 15) is 9.18 Å². The number of alkyl halides is 1. The van der Waals surface area contributed by atoms with Gasteiger partial charge in [-0.2, -0.15) is 10.4 Å². The maximum atomic E-state index is 14.9. The van der Waals surface area contributed by atoms with Gasteiger partial charge >= 0.3 is 0 Å². The van der Waals surface area contributed by atoms with Crippen molar-refractivity contribution in [2.24, 2.45) is 5.92 Å². The topological polar surface area (TPSA) is 117 Å². The number of carbonyl (C=O) groups is 1. The van der Waals surface area contributed by atoms with Crippen LogP contribution in [0.25, 0.3) is 17.0 Å². The first kappa shape index (κ1) is 24.5. The molecule has 1 aliphatic heterocycles. The number of rotatable bonds is 7. The molecule has 4 heterocycles.